The standard InChI is InChI=1S/C24H25N3O4/c1-16-5-2-3-12-27(16)22-11-8-17-6-4-7-20(24(17)26-22)29-14-23(28)25-18-9-10-19-21(13-18)31-15-30-19/h4,6-11,13,16H,2-3,5,12,14-15H2,1H3,(H,25,28). The molecule has 7 heteroatoms. The first-order valence-corrected chi connectivity index (χ1v) is 10.7. The Morgan fingerprint density at radius 2 is 2.06 bits per heavy atom. The molecule has 1 saturated heterocycles. The average molecular weight is 419 g/mol. The summed E-state index contributed by atoms with van der Waals surface area (Å²) in [5, 5.41) is 3.82. The molecular weight excluding hydrogens is 394 g/mol. The van der Waals surface area contributed by atoms with Crippen LogP contribution in [0.4, 0.5) is 11.5 Å². The van der Waals surface area contributed by atoms with Gasteiger partial charge in [-0.15, -0.1) is 0 Å². The van der Waals surface area contributed by atoms with E-state index in [1.54, 1.807) is 18.2 Å². The van der Waals surface area contributed by atoms with Crippen LogP contribution in [0, 0.1) is 0 Å². The van der Waals surface area contributed by atoms with Crippen molar-refractivity contribution in [2.24, 2.45) is 0 Å². The van der Waals surface area contributed by atoms with Crippen molar-refractivity contribution in [1.29, 1.82) is 0 Å². The molecule has 2 aliphatic rings. The fourth-order valence-electron chi connectivity index (χ4n) is 4.14. The van der Waals surface area contributed by atoms with Crippen LogP contribution in [0.5, 0.6) is 17.2 Å². The number of nitrogens with one attached hydrogen (secondary N) is 1. The molecule has 3 heterocycles. The molecule has 1 N–H and O–H groups in total. The van der Waals surface area contributed by atoms with E-state index in [9.17, 15) is 4.79 Å². The lowest BCUT2D eigenvalue weighted by Gasteiger charge is -2.34. The number of nitrogens with zero attached hydrogens (tertiary/aromatic N) is 2. The van der Waals surface area contributed by atoms with Gasteiger partial charge in [-0.1, -0.05) is 12.1 Å². The van der Waals surface area contributed by atoms with Crippen molar-refractivity contribution < 1.29 is 19.0 Å². The van der Waals surface area contributed by atoms with Crippen LogP contribution in [0.15, 0.2) is 48.5 Å². The maximum Gasteiger partial charge on any atom is 0.262 e. The fraction of sp³-hybridized carbons (Fsp3) is 0.333. The molecule has 1 amide bonds. The van der Waals surface area contributed by atoms with E-state index in [1.165, 1.54) is 19.3 Å². The first-order chi connectivity index (χ1) is 15.2. The number of fused-ring (bicyclic) bond motifs is 2. The van der Waals surface area contributed by atoms with Crippen molar-refractivity contribution in [2.45, 2.75) is 32.2 Å². The molecule has 160 valence electrons. The van der Waals surface area contributed by atoms with Gasteiger partial charge in [0.05, 0.1) is 0 Å². The third kappa shape index (κ3) is 4.08. The van der Waals surface area contributed by atoms with Crippen LogP contribution >= 0.6 is 0 Å². The van der Waals surface area contributed by atoms with Gasteiger partial charge in [-0.2, -0.15) is 0 Å². The Morgan fingerprint density at radius 1 is 1.16 bits per heavy atom. The lowest BCUT2D eigenvalue weighted by Crippen LogP contribution is -2.37. The van der Waals surface area contributed by atoms with Gasteiger partial charge in [-0.25, -0.2) is 4.98 Å². The molecule has 1 aromatic heterocycles. The number of para-hydroxylation sites is 1. The van der Waals surface area contributed by atoms with E-state index in [1.807, 2.05) is 18.2 Å². The van der Waals surface area contributed by atoms with Gasteiger partial charge >= 0.3 is 0 Å². The van der Waals surface area contributed by atoms with Crippen molar-refractivity contribution in [3.05, 3.63) is 48.5 Å². The number of carbonyl (C=O) groups excluding carboxylic acids is 1. The van der Waals surface area contributed by atoms with E-state index in [4.69, 9.17) is 19.2 Å². The lowest BCUT2D eigenvalue weighted by molar-refractivity contribution is -0.118. The van der Waals surface area contributed by atoms with Crippen LogP contribution < -0.4 is 24.4 Å². The molecule has 3 aromatic rings. The largest absolute Gasteiger partial charge is 0.481 e. The highest BCUT2D eigenvalue weighted by Crippen LogP contribution is 2.34. The Kier molecular flexibility index (Phi) is 5.24. The second-order valence-corrected chi connectivity index (χ2v) is 7.94. The lowest BCUT2D eigenvalue weighted by atomic mass is 10.0. The maximum absolute atomic E-state index is 12.4. The summed E-state index contributed by atoms with van der Waals surface area (Å²) in [6.07, 6.45) is 3.62. The smallest absolute Gasteiger partial charge is 0.262 e. The van der Waals surface area contributed by atoms with Crippen molar-refractivity contribution >= 4 is 28.3 Å². The summed E-state index contributed by atoms with van der Waals surface area (Å²) in [5.74, 6) is 2.61. The van der Waals surface area contributed by atoms with Crippen LogP contribution in [0.1, 0.15) is 26.2 Å². The molecule has 1 fully saturated rings. The Morgan fingerprint density at radius 3 is 2.97 bits per heavy atom. The summed E-state index contributed by atoms with van der Waals surface area (Å²) in [5.41, 5.74) is 1.41. The zero-order chi connectivity index (χ0) is 21.2. The summed E-state index contributed by atoms with van der Waals surface area (Å²) in [7, 11) is 0. The molecule has 0 radical (unpaired) electrons. The second-order valence-electron chi connectivity index (χ2n) is 7.94. The van der Waals surface area contributed by atoms with Gasteiger partial charge in [0.1, 0.15) is 17.1 Å². The van der Waals surface area contributed by atoms with Gasteiger partial charge in [0.25, 0.3) is 5.91 Å². The third-order valence-corrected chi connectivity index (χ3v) is 5.78. The summed E-state index contributed by atoms with van der Waals surface area (Å²) < 4.78 is 16.5. The van der Waals surface area contributed by atoms with Gasteiger partial charge in [0, 0.05) is 29.7 Å². The number of piperidine rings is 1. The maximum atomic E-state index is 12.4. The van der Waals surface area contributed by atoms with E-state index in [-0.39, 0.29) is 19.3 Å². The number of ether oxygens (including phenoxy) is 3. The summed E-state index contributed by atoms with van der Waals surface area (Å²) >= 11 is 0. The number of rotatable bonds is 5. The quantitative estimate of drug-likeness (QED) is 0.663. The number of carbonyl (C=O) groups is 1. The molecule has 0 aliphatic carbocycles. The zero-order valence-corrected chi connectivity index (χ0v) is 17.5. The molecule has 2 aromatic carbocycles. The van der Waals surface area contributed by atoms with Crippen molar-refractivity contribution in [2.75, 3.05) is 30.2 Å². The highest BCUT2D eigenvalue weighted by molar-refractivity contribution is 5.93. The minimum atomic E-state index is -0.253. The Bertz CT molecular complexity index is 1120. The average Bonchev–Trinajstić information content (AvgIpc) is 3.25. The van der Waals surface area contributed by atoms with Gasteiger partial charge in [0.2, 0.25) is 6.79 Å². The molecule has 5 rings (SSSR count). The minimum Gasteiger partial charge on any atom is -0.481 e. The van der Waals surface area contributed by atoms with Crippen molar-refractivity contribution in [1.82, 2.24) is 4.98 Å². The minimum absolute atomic E-state index is 0.112. The zero-order valence-electron chi connectivity index (χ0n) is 17.5. The highest BCUT2D eigenvalue weighted by atomic mass is 16.7. The van der Waals surface area contributed by atoms with Crippen LogP contribution in [0.25, 0.3) is 10.9 Å². The predicted molar refractivity (Wildman–Crippen MR) is 119 cm³/mol. The van der Waals surface area contributed by atoms with Crippen molar-refractivity contribution in [3.63, 3.8) is 0 Å². The van der Waals surface area contributed by atoms with Crippen LogP contribution in [-0.4, -0.2) is 36.9 Å². The van der Waals surface area contributed by atoms with Gasteiger partial charge in [-0.05, 0) is 56.5 Å². The number of anilines is 2. The molecule has 31 heavy (non-hydrogen) atoms. The molecule has 0 saturated carbocycles. The number of benzene rings is 2. The second kappa shape index (κ2) is 8.34. The number of hydrogen-bond donors (Lipinski definition) is 1. The molecule has 0 spiro atoms. The molecule has 1 unspecified atom stereocenters. The summed E-state index contributed by atoms with van der Waals surface area (Å²) in [6, 6.07) is 15.7. The van der Waals surface area contributed by atoms with Crippen LogP contribution in [0.3, 0.4) is 0 Å². The summed E-state index contributed by atoms with van der Waals surface area (Å²) in [4.78, 5) is 19.7. The van der Waals surface area contributed by atoms with E-state index < -0.39 is 0 Å². The highest BCUT2D eigenvalue weighted by Gasteiger charge is 2.20. The van der Waals surface area contributed by atoms with E-state index in [0.29, 0.717) is 29.0 Å². The monoisotopic (exact) mass is 419 g/mol. The van der Waals surface area contributed by atoms with Gasteiger partial charge in [-0.3, -0.25) is 4.79 Å². The van der Waals surface area contributed by atoms with Crippen molar-refractivity contribution in [3.8, 4) is 17.2 Å². The van der Waals surface area contributed by atoms with E-state index in [0.717, 1.165) is 23.3 Å². The van der Waals surface area contributed by atoms with Gasteiger partial charge < -0.3 is 24.4 Å². The Hall–Kier alpha value is -3.48. The molecule has 0 bridgehead atoms. The number of hydrogen-bond acceptors (Lipinski definition) is 6. The van der Waals surface area contributed by atoms with Crippen LogP contribution in [-0.2, 0) is 4.79 Å². The fourth-order valence-corrected chi connectivity index (χ4v) is 4.14. The molecule has 1 atom stereocenters. The normalized spacial score (nSPS) is 17.6. The molecule has 7 nitrogen and oxygen atoms in total. The Balaban J connectivity index is 1.30. The Labute approximate surface area is 180 Å². The molecule has 2 aliphatic heterocycles. The van der Waals surface area contributed by atoms with Crippen LogP contribution in [0.2, 0.25) is 0 Å². The SMILES string of the molecule is CC1CCCCN1c1ccc2cccc(OCC(=O)Nc3ccc4c(c3)OCO4)c2n1. The van der Waals surface area contributed by atoms with E-state index in [2.05, 4.69) is 29.3 Å². The summed E-state index contributed by atoms with van der Waals surface area (Å²) in [6.45, 7) is 3.34. The van der Waals surface area contributed by atoms with Gasteiger partial charge in [0.15, 0.2) is 18.1 Å². The number of aromatic nitrogens is 1. The first-order valence-electron chi connectivity index (χ1n) is 10.7. The third-order valence-electron chi connectivity index (χ3n) is 5.78. The first kappa shape index (κ1) is 19.5. The topological polar surface area (TPSA) is 72.9 Å². The number of amides is 1. The van der Waals surface area contributed by atoms with E-state index >= 15 is 0 Å². The predicted octanol–water partition coefficient (Wildman–Crippen LogP) is 4.36. The molecular formula is C24H25N3O4. The number of pyridine rings is 1.